The standard InChI is InChI=1S/C42H49N7O4/c1-6-45-42(53)38(26(2)3)49-39(50)28(5)46-25-36(20-29-16-18-35(44)19-17-29)48-41(52)34-22-32(37-15-11-10-14-31(37)24-43)21-33(23-34)40(51)47-27(4)30-12-8-7-9-13-30/h7-19,21-23,26-28,36,38,46H,6,20,25,44H2,1-5H3,(H,45,53)(H,47,51)(H,48,52)(H,49,50)/t27-,28+,36+,38+/m1/s1. The smallest absolute Gasteiger partial charge is 0.251 e. The predicted molar refractivity (Wildman–Crippen MR) is 208 cm³/mol. The maximum atomic E-state index is 14.1. The molecule has 11 heteroatoms. The first-order chi connectivity index (χ1) is 25.4. The largest absolute Gasteiger partial charge is 0.399 e. The molecule has 0 saturated heterocycles. The van der Waals surface area contributed by atoms with Crippen LogP contribution in [0.2, 0.25) is 0 Å². The van der Waals surface area contributed by atoms with Gasteiger partial charge in [0.15, 0.2) is 0 Å². The van der Waals surface area contributed by atoms with Gasteiger partial charge in [-0.1, -0.05) is 74.5 Å². The fourth-order valence-electron chi connectivity index (χ4n) is 5.87. The quantitative estimate of drug-likeness (QED) is 0.0894. The number of likely N-dealkylation sites (N-methyl/N-ethyl adjacent to an activating group) is 1. The van der Waals surface area contributed by atoms with Gasteiger partial charge in [-0.3, -0.25) is 19.2 Å². The number of amides is 4. The number of carbonyl (C=O) groups is 4. The number of hydrogen-bond acceptors (Lipinski definition) is 7. The Morgan fingerprint density at radius 1 is 0.755 bits per heavy atom. The van der Waals surface area contributed by atoms with Gasteiger partial charge in [0.25, 0.3) is 11.8 Å². The van der Waals surface area contributed by atoms with Crippen molar-refractivity contribution in [1.29, 1.82) is 5.26 Å². The number of benzene rings is 4. The highest BCUT2D eigenvalue weighted by atomic mass is 16.2. The highest BCUT2D eigenvalue weighted by Crippen LogP contribution is 2.27. The molecule has 4 amide bonds. The third-order valence-corrected chi connectivity index (χ3v) is 8.92. The maximum Gasteiger partial charge on any atom is 0.251 e. The Morgan fingerprint density at radius 3 is 2.00 bits per heavy atom. The fraction of sp³-hybridized carbons (Fsp3) is 0.310. The second kappa shape index (κ2) is 19.0. The lowest BCUT2D eigenvalue weighted by Crippen LogP contribution is -2.55. The Bertz CT molecular complexity index is 1920. The molecule has 0 spiro atoms. The zero-order valence-corrected chi connectivity index (χ0v) is 30.9. The van der Waals surface area contributed by atoms with E-state index in [4.69, 9.17) is 5.73 Å². The van der Waals surface area contributed by atoms with Crippen molar-refractivity contribution in [2.75, 3.05) is 18.8 Å². The van der Waals surface area contributed by atoms with Crippen LogP contribution in [0.25, 0.3) is 11.1 Å². The minimum atomic E-state index is -0.697. The molecule has 7 N–H and O–H groups in total. The molecule has 0 aliphatic carbocycles. The minimum absolute atomic E-state index is 0.125. The highest BCUT2D eigenvalue weighted by molar-refractivity contribution is 6.02. The van der Waals surface area contributed by atoms with Gasteiger partial charge in [0.05, 0.1) is 23.7 Å². The van der Waals surface area contributed by atoms with E-state index in [1.165, 1.54) is 6.07 Å². The minimum Gasteiger partial charge on any atom is -0.399 e. The average molecular weight is 716 g/mol. The van der Waals surface area contributed by atoms with E-state index in [0.717, 1.165) is 11.1 Å². The summed E-state index contributed by atoms with van der Waals surface area (Å²) >= 11 is 0. The zero-order chi connectivity index (χ0) is 38.5. The number of nitrogen functional groups attached to an aromatic ring is 1. The molecule has 11 nitrogen and oxygen atoms in total. The Labute approximate surface area is 311 Å². The monoisotopic (exact) mass is 715 g/mol. The van der Waals surface area contributed by atoms with Gasteiger partial charge in [0.1, 0.15) is 6.04 Å². The summed E-state index contributed by atoms with van der Waals surface area (Å²) in [6.45, 7) is 9.79. The summed E-state index contributed by atoms with van der Waals surface area (Å²) in [5.74, 6) is -1.55. The van der Waals surface area contributed by atoms with Crippen LogP contribution in [0, 0.1) is 17.2 Å². The zero-order valence-electron chi connectivity index (χ0n) is 30.9. The Hall–Kier alpha value is -5.99. The molecule has 0 aromatic heterocycles. The van der Waals surface area contributed by atoms with Crippen LogP contribution in [0.4, 0.5) is 5.69 Å². The van der Waals surface area contributed by atoms with Crippen molar-refractivity contribution in [3.05, 3.63) is 125 Å². The van der Waals surface area contributed by atoms with E-state index in [1.54, 1.807) is 55.5 Å². The summed E-state index contributed by atoms with van der Waals surface area (Å²) < 4.78 is 0. The Morgan fingerprint density at radius 2 is 1.38 bits per heavy atom. The van der Waals surface area contributed by atoms with Gasteiger partial charge in [-0.15, -0.1) is 0 Å². The molecule has 0 saturated carbocycles. The van der Waals surface area contributed by atoms with Gasteiger partial charge < -0.3 is 32.3 Å². The molecule has 0 aliphatic heterocycles. The van der Waals surface area contributed by atoms with Crippen LogP contribution in [0.15, 0.2) is 97.1 Å². The summed E-state index contributed by atoms with van der Waals surface area (Å²) in [5, 5.41) is 24.8. The molecule has 0 fully saturated rings. The molecular weight excluding hydrogens is 667 g/mol. The molecule has 0 bridgehead atoms. The van der Waals surface area contributed by atoms with Gasteiger partial charge in [-0.2, -0.15) is 5.26 Å². The topological polar surface area (TPSA) is 178 Å². The first kappa shape index (κ1) is 39.8. The van der Waals surface area contributed by atoms with Crippen LogP contribution >= 0.6 is 0 Å². The van der Waals surface area contributed by atoms with E-state index in [1.807, 2.05) is 70.2 Å². The lowest BCUT2D eigenvalue weighted by molar-refractivity contribution is -0.130. The van der Waals surface area contributed by atoms with Gasteiger partial charge in [-0.25, -0.2) is 0 Å². The van der Waals surface area contributed by atoms with Crippen molar-refractivity contribution in [3.8, 4) is 17.2 Å². The summed E-state index contributed by atoms with van der Waals surface area (Å²) in [7, 11) is 0. The molecule has 4 aromatic carbocycles. The van der Waals surface area contributed by atoms with Crippen molar-refractivity contribution in [2.24, 2.45) is 5.92 Å². The normalized spacial score (nSPS) is 13.2. The van der Waals surface area contributed by atoms with Crippen molar-refractivity contribution < 1.29 is 19.2 Å². The third kappa shape index (κ3) is 11.2. The van der Waals surface area contributed by atoms with Gasteiger partial charge in [0, 0.05) is 35.9 Å². The van der Waals surface area contributed by atoms with Crippen LogP contribution in [0.5, 0.6) is 0 Å². The Kier molecular flexibility index (Phi) is 14.3. The molecule has 4 aromatic rings. The third-order valence-electron chi connectivity index (χ3n) is 8.92. The molecule has 4 rings (SSSR count). The summed E-state index contributed by atoms with van der Waals surface area (Å²) in [5.41, 5.74) is 10.4. The van der Waals surface area contributed by atoms with Crippen molar-refractivity contribution in [1.82, 2.24) is 26.6 Å². The van der Waals surface area contributed by atoms with E-state index in [2.05, 4.69) is 32.7 Å². The molecule has 0 heterocycles. The predicted octanol–water partition coefficient (Wildman–Crippen LogP) is 4.89. The summed E-state index contributed by atoms with van der Waals surface area (Å²) in [6.07, 6.45) is 0.403. The molecule has 4 atom stereocenters. The fourth-order valence-corrected chi connectivity index (χ4v) is 5.87. The first-order valence-corrected chi connectivity index (χ1v) is 17.9. The van der Waals surface area contributed by atoms with Crippen LogP contribution in [-0.4, -0.2) is 54.8 Å². The van der Waals surface area contributed by atoms with E-state index in [0.29, 0.717) is 35.3 Å². The van der Waals surface area contributed by atoms with Crippen molar-refractivity contribution >= 4 is 29.3 Å². The molecule has 53 heavy (non-hydrogen) atoms. The molecule has 0 aliphatic rings. The van der Waals surface area contributed by atoms with Gasteiger partial charge >= 0.3 is 0 Å². The van der Waals surface area contributed by atoms with Crippen molar-refractivity contribution in [3.63, 3.8) is 0 Å². The van der Waals surface area contributed by atoms with E-state index in [9.17, 15) is 24.4 Å². The number of carbonyl (C=O) groups excluding carboxylic acids is 4. The highest BCUT2D eigenvalue weighted by Gasteiger charge is 2.27. The summed E-state index contributed by atoms with van der Waals surface area (Å²) in [6, 6.07) is 28.8. The van der Waals surface area contributed by atoms with E-state index < -0.39 is 24.0 Å². The van der Waals surface area contributed by atoms with Gasteiger partial charge in [-0.05, 0) is 91.8 Å². The van der Waals surface area contributed by atoms with E-state index >= 15 is 0 Å². The first-order valence-electron chi connectivity index (χ1n) is 17.9. The number of hydrogen-bond donors (Lipinski definition) is 6. The van der Waals surface area contributed by atoms with Crippen molar-refractivity contribution in [2.45, 2.75) is 65.2 Å². The molecule has 0 radical (unpaired) electrons. The Balaban J connectivity index is 1.61. The number of nitrogens with two attached hydrogens (primary N) is 1. The lowest BCUT2D eigenvalue weighted by atomic mass is 9.95. The number of anilines is 1. The number of nitriles is 1. The van der Waals surface area contributed by atoms with Crippen LogP contribution in [0.3, 0.4) is 0 Å². The maximum absolute atomic E-state index is 14.1. The molecule has 276 valence electrons. The average Bonchev–Trinajstić information content (AvgIpc) is 3.16. The molecule has 0 unspecified atom stereocenters. The second-order valence-corrected chi connectivity index (χ2v) is 13.4. The number of nitrogens with one attached hydrogen (secondary N) is 5. The van der Waals surface area contributed by atoms with Crippen LogP contribution < -0.4 is 32.3 Å². The molecular formula is C42H49N7O4. The second-order valence-electron chi connectivity index (χ2n) is 13.4. The van der Waals surface area contributed by atoms with E-state index in [-0.39, 0.29) is 47.4 Å². The summed E-state index contributed by atoms with van der Waals surface area (Å²) in [4.78, 5) is 53.6. The number of nitrogens with zero attached hydrogens (tertiary/aromatic N) is 1. The number of rotatable bonds is 16. The van der Waals surface area contributed by atoms with Gasteiger partial charge in [0.2, 0.25) is 11.8 Å². The van der Waals surface area contributed by atoms with Crippen LogP contribution in [0.1, 0.15) is 78.1 Å². The SMILES string of the molecule is CCNC(=O)[C@@H](NC(=O)[C@H](C)NC[C@H](Cc1ccc(N)cc1)NC(=O)c1cc(C(=O)N[C@H](C)c2ccccc2)cc(-c2ccccc2C#N)c1)C(C)C. The lowest BCUT2D eigenvalue weighted by Gasteiger charge is -2.25. The van der Waals surface area contributed by atoms with Crippen LogP contribution in [-0.2, 0) is 16.0 Å².